The van der Waals surface area contributed by atoms with E-state index in [-0.39, 0.29) is 6.10 Å². The van der Waals surface area contributed by atoms with Gasteiger partial charge in [0, 0.05) is 19.2 Å². The number of rotatable bonds is 5. The summed E-state index contributed by atoms with van der Waals surface area (Å²) >= 11 is 0. The maximum atomic E-state index is 11.3. The Hall–Kier alpha value is -1.55. The molecule has 0 bridgehead atoms. The normalized spacial score (nSPS) is 10.9. The number of methoxy groups -OCH3 is 1. The first-order valence-corrected chi connectivity index (χ1v) is 6.24. The number of hydrogen-bond acceptors (Lipinski definition) is 3. The lowest BCUT2D eigenvalue weighted by atomic mass is 10.3. The van der Waals surface area contributed by atoms with E-state index in [1.54, 1.807) is 19.2 Å². The van der Waals surface area contributed by atoms with Crippen LogP contribution in [0.25, 0.3) is 0 Å². The fourth-order valence-electron chi connectivity index (χ4n) is 1.11. The molecule has 1 unspecified atom stereocenters. The van der Waals surface area contributed by atoms with Gasteiger partial charge in [-0.2, -0.15) is 0 Å². The average Bonchev–Trinajstić information content (AvgIpc) is 2.42. The van der Waals surface area contributed by atoms with E-state index < -0.39 is 6.09 Å². The standard InChI is InChI=1S/C12H17NO3.C2H6/c1-10(15-2)8-9-16-12(14)13-11-6-4-3-5-7-11;1-2/h3-7,10H,8-9H2,1-2H3,(H,13,14);1-2H3. The molecule has 0 saturated heterocycles. The molecule has 1 aromatic rings. The Morgan fingerprint density at radius 3 is 2.44 bits per heavy atom. The van der Waals surface area contributed by atoms with Crippen LogP contribution >= 0.6 is 0 Å². The van der Waals surface area contributed by atoms with Gasteiger partial charge in [-0.3, -0.25) is 5.32 Å². The summed E-state index contributed by atoms with van der Waals surface area (Å²) in [6, 6.07) is 9.19. The monoisotopic (exact) mass is 253 g/mol. The highest BCUT2D eigenvalue weighted by atomic mass is 16.5. The number of anilines is 1. The molecule has 0 aliphatic carbocycles. The predicted molar refractivity (Wildman–Crippen MR) is 73.8 cm³/mol. The second-order valence-electron chi connectivity index (χ2n) is 3.46. The van der Waals surface area contributed by atoms with Crippen LogP contribution < -0.4 is 5.32 Å². The lowest BCUT2D eigenvalue weighted by Gasteiger charge is -2.10. The van der Waals surface area contributed by atoms with E-state index >= 15 is 0 Å². The molecule has 18 heavy (non-hydrogen) atoms. The van der Waals surface area contributed by atoms with Gasteiger partial charge in [-0.1, -0.05) is 32.0 Å². The van der Waals surface area contributed by atoms with Gasteiger partial charge < -0.3 is 9.47 Å². The van der Waals surface area contributed by atoms with Crippen LogP contribution in [-0.4, -0.2) is 25.9 Å². The molecule has 1 amide bonds. The highest BCUT2D eigenvalue weighted by Crippen LogP contribution is 2.05. The largest absolute Gasteiger partial charge is 0.449 e. The van der Waals surface area contributed by atoms with Crippen LogP contribution in [0.5, 0.6) is 0 Å². The minimum absolute atomic E-state index is 0.101. The zero-order valence-corrected chi connectivity index (χ0v) is 11.6. The Morgan fingerprint density at radius 2 is 1.89 bits per heavy atom. The van der Waals surface area contributed by atoms with E-state index in [1.807, 2.05) is 39.0 Å². The van der Waals surface area contributed by atoms with Crippen LogP contribution in [0.2, 0.25) is 0 Å². The smallest absolute Gasteiger partial charge is 0.411 e. The van der Waals surface area contributed by atoms with Crippen LogP contribution in [0.4, 0.5) is 10.5 Å². The van der Waals surface area contributed by atoms with Crippen molar-refractivity contribution in [2.45, 2.75) is 33.3 Å². The first-order valence-electron chi connectivity index (χ1n) is 6.24. The summed E-state index contributed by atoms with van der Waals surface area (Å²) in [5.41, 5.74) is 0.729. The third-order valence-electron chi connectivity index (χ3n) is 2.18. The molecule has 0 fully saturated rings. The molecule has 1 rings (SSSR count). The lowest BCUT2D eigenvalue weighted by molar-refractivity contribution is 0.0836. The molecule has 0 radical (unpaired) electrons. The minimum Gasteiger partial charge on any atom is -0.449 e. The zero-order chi connectivity index (χ0) is 13.8. The van der Waals surface area contributed by atoms with Gasteiger partial charge in [0.2, 0.25) is 0 Å². The highest BCUT2D eigenvalue weighted by Gasteiger charge is 2.04. The molecule has 0 aliphatic heterocycles. The van der Waals surface area contributed by atoms with Crippen molar-refractivity contribution in [1.29, 1.82) is 0 Å². The van der Waals surface area contributed by atoms with Crippen molar-refractivity contribution < 1.29 is 14.3 Å². The molecule has 1 N–H and O–H groups in total. The van der Waals surface area contributed by atoms with Crippen molar-refractivity contribution in [2.75, 3.05) is 19.0 Å². The van der Waals surface area contributed by atoms with Gasteiger partial charge in [-0.25, -0.2) is 4.79 Å². The van der Waals surface area contributed by atoms with Crippen LogP contribution in [-0.2, 0) is 9.47 Å². The molecule has 1 atom stereocenters. The maximum absolute atomic E-state index is 11.3. The zero-order valence-electron chi connectivity index (χ0n) is 11.6. The Balaban J connectivity index is 0.00000137. The first kappa shape index (κ1) is 16.4. The molecule has 0 heterocycles. The molecular weight excluding hydrogens is 230 g/mol. The summed E-state index contributed by atoms with van der Waals surface area (Å²) in [7, 11) is 1.63. The Morgan fingerprint density at radius 1 is 1.28 bits per heavy atom. The third kappa shape index (κ3) is 7.68. The molecule has 0 aliphatic rings. The Bertz CT molecular complexity index is 314. The van der Waals surface area contributed by atoms with E-state index in [0.29, 0.717) is 13.0 Å². The number of carbonyl (C=O) groups is 1. The summed E-state index contributed by atoms with van der Waals surface area (Å²) in [4.78, 5) is 11.3. The van der Waals surface area contributed by atoms with E-state index in [9.17, 15) is 4.79 Å². The highest BCUT2D eigenvalue weighted by molar-refractivity contribution is 5.84. The summed E-state index contributed by atoms with van der Waals surface area (Å²) in [5.74, 6) is 0. The quantitative estimate of drug-likeness (QED) is 0.870. The molecule has 102 valence electrons. The summed E-state index contributed by atoms with van der Waals surface area (Å²) in [6.07, 6.45) is 0.359. The van der Waals surface area contributed by atoms with Crippen molar-refractivity contribution in [2.24, 2.45) is 0 Å². The number of carbonyl (C=O) groups excluding carboxylic acids is 1. The fraction of sp³-hybridized carbons (Fsp3) is 0.500. The number of benzene rings is 1. The second kappa shape index (κ2) is 10.6. The van der Waals surface area contributed by atoms with Crippen molar-refractivity contribution in [3.63, 3.8) is 0 Å². The van der Waals surface area contributed by atoms with Crippen molar-refractivity contribution >= 4 is 11.8 Å². The number of hydrogen-bond donors (Lipinski definition) is 1. The summed E-state index contributed by atoms with van der Waals surface area (Å²) in [5, 5.41) is 2.63. The summed E-state index contributed by atoms with van der Waals surface area (Å²) in [6.45, 7) is 6.28. The van der Waals surface area contributed by atoms with Crippen LogP contribution in [0.3, 0.4) is 0 Å². The molecule has 4 nitrogen and oxygen atoms in total. The van der Waals surface area contributed by atoms with Gasteiger partial charge >= 0.3 is 6.09 Å². The van der Waals surface area contributed by atoms with Crippen LogP contribution in [0, 0.1) is 0 Å². The van der Waals surface area contributed by atoms with E-state index in [1.165, 1.54) is 0 Å². The molecule has 0 saturated carbocycles. The molecule has 0 aromatic heterocycles. The van der Waals surface area contributed by atoms with Crippen molar-refractivity contribution in [3.05, 3.63) is 30.3 Å². The van der Waals surface area contributed by atoms with Crippen molar-refractivity contribution in [1.82, 2.24) is 0 Å². The molecule has 0 spiro atoms. The number of nitrogens with one attached hydrogen (secondary N) is 1. The van der Waals surface area contributed by atoms with Gasteiger partial charge in [0.15, 0.2) is 0 Å². The van der Waals surface area contributed by atoms with Gasteiger partial charge in [0.05, 0.1) is 12.7 Å². The Kier molecular flexibility index (Phi) is 9.68. The molecule has 1 aromatic carbocycles. The van der Waals surface area contributed by atoms with E-state index in [0.717, 1.165) is 5.69 Å². The SMILES string of the molecule is CC.COC(C)CCOC(=O)Nc1ccccc1. The number of para-hydroxylation sites is 1. The maximum Gasteiger partial charge on any atom is 0.411 e. The first-order chi connectivity index (χ1) is 8.72. The fourth-order valence-corrected chi connectivity index (χ4v) is 1.11. The Labute approximate surface area is 109 Å². The lowest BCUT2D eigenvalue weighted by Crippen LogP contribution is -2.17. The van der Waals surface area contributed by atoms with E-state index in [4.69, 9.17) is 9.47 Å². The third-order valence-corrected chi connectivity index (χ3v) is 2.18. The second-order valence-corrected chi connectivity index (χ2v) is 3.46. The van der Waals surface area contributed by atoms with Gasteiger partial charge in [-0.15, -0.1) is 0 Å². The van der Waals surface area contributed by atoms with Gasteiger partial charge in [0.1, 0.15) is 0 Å². The van der Waals surface area contributed by atoms with Gasteiger partial charge in [-0.05, 0) is 19.1 Å². The molecule has 4 heteroatoms. The summed E-state index contributed by atoms with van der Waals surface area (Å²) < 4.78 is 10.0. The van der Waals surface area contributed by atoms with Crippen LogP contribution in [0.1, 0.15) is 27.2 Å². The van der Waals surface area contributed by atoms with E-state index in [2.05, 4.69) is 5.32 Å². The average molecular weight is 253 g/mol. The van der Waals surface area contributed by atoms with Gasteiger partial charge in [0.25, 0.3) is 0 Å². The minimum atomic E-state index is -0.436. The van der Waals surface area contributed by atoms with Crippen molar-refractivity contribution in [3.8, 4) is 0 Å². The number of amides is 1. The molecular formula is C14H23NO3. The topological polar surface area (TPSA) is 47.6 Å². The number of ether oxygens (including phenoxy) is 2. The van der Waals surface area contributed by atoms with Crippen LogP contribution in [0.15, 0.2) is 30.3 Å². The predicted octanol–water partition coefficient (Wildman–Crippen LogP) is 3.69.